The first-order chi connectivity index (χ1) is 34.5. The molecule has 3 aromatic heterocycles. The number of alkyl halides is 3. The van der Waals surface area contributed by atoms with Crippen LogP contribution in [0.15, 0.2) is 91.4 Å². The Balaban J connectivity index is 0.000000159. The Labute approximate surface area is 423 Å². The normalized spacial score (nSPS) is 21.0. The van der Waals surface area contributed by atoms with Gasteiger partial charge in [-0.2, -0.15) is 28.1 Å². The predicted octanol–water partition coefficient (Wildman–Crippen LogP) is 9.08. The van der Waals surface area contributed by atoms with Gasteiger partial charge < -0.3 is 48.5 Å². The van der Waals surface area contributed by atoms with E-state index in [1.165, 1.54) is 23.3 Å². The second-order valence-electron chi connectivity index (χ2n) is 19.1. The molecule has 3 aliphatic carbocycles. The molecule has 0 spiro atoms. The summed E-state index contributed by atoms with van der Waals surface area (Å²) < 4.78 is 38.0. The number of benzene rings is 3. The maximum atomic E-state index is 12.7. The number of rotatable bonds is 12. The van der Waals surface area contributed by atoms with Crippen molar-refractivity contribution in [3.8, 4) is 0 Å². The van der Waals surface area contributed by atoms with Crippen molar-refractivity contribution in [3.63, 3.8) is 0 Å². The van der Waals surface area contributed by atoms with E-state index in [0.717, 1.165) is 146 Å². The van der Waals surface area contributed by atoms with Gasteiger partial charge in [0.25, 0.3) is 0 Å². The maximum absolute atomic E-state index is 12.7. The molecule has 72 heavy (non-hydrogen) atoms. The van der Waals surface area contributed by atoms with Crippen LogP contribution in [0.3, 0.4) is 0 Å². The average molecular weight is 1010 g/mol. The van der Waals surface area contributed by atoms with E-state index in [1.54, 1.807) is 12.4 Å². The SMILES string of the molecule is Cc1ccc(Cc2cnc(N)nc2NC2CCC(O)CC2)cc1.Nc1ncc(Cc2ccc(C(F)(F)F)cc2)c(NC2CCC(O)CC2)n1.Nc1ncc(Cc2ccc(Cl)cc2)c(NC2CCC(O)CC2)n1. The highest BCUT2D eigenvalue weighted by atomic mass is 35.5. The zero-order valence-electron chi connectivity index (χ0n) is 40.5. The van der Waals surface area contributed by atoms with E-state index in [9.17, 15) is 28.5 Å². The van der Waals surface area contributed by atoms with Crippen molar-refractivity contribution < 1.29 is 28.5 Å². The molecule has 0 atom stereocenters. The summed E-state index contributed by atoms with van der Waals surface area (Å²) in [5.41, 5.74) is 23.7. The number of aromatic nitrogens is 6. The van der Waals surface area contributed by atoms with Gasteiger partial charge in [0.15, 0.2) is 0 Å². The molecule has 3 aromatic carbocycles. The molecule has 3 saturated carbocycles. The molecule has 3 heterocycles. The van der Waals surface area contributed by atoms with E-state index in [1.807, 2.05) is 30.5 Å². The molecular formula is C53H66ClF3N12O3. The number of hydrogen-bond acceptors (Lipinski definition) is 15. The number of aryl methyl sites for hydroxylation is 1. The van der Waals surface area contributed by atoms with Crippen LogP contribution in [-0.4, -0.2) is 81.7 Å². The fourth-order valence-corrected chi connectivity index (χ4v) is 9.17. The van der Waals surface area contributed by atoms with E-state index in [0.29, 0.717) is 24.3 Å². The van der Waals surface area contributed by atoms with Crippen molar-refractivity contribution in [1.82, 2.24) is 29.9 Å². The Morgan fingerprint density at radius 3 is 1.08 bits per heavy atom. The zero-order chi connectivity index (χ0) is 51.2. The molecule has 0 radical (unpaired) electrons. The molecule has 0 saturated heterocycles. The molecule has 0 unspecified atom stereocenters. The molecule has 0 bridgehead atoms. The van der Waals surface area contributed by atoms with Gasteiger partial charge in [-0.3, -0.25) is 0 Å². The Bertz CT molecular complexity index is 2510. The zero-order valence-corrected chi connectivity index (χ0v) is 41.3. The number of halogens is 4. The largest absolute Gasteiger partial charge is 0.416 e. The first-order valence-electron chi connectivity index (χ1n) is 24.7. The summed E-state index contributed by atoms with van der Waals surface area (Å²) in [5, 5.41) is 39.9. The van der Waals surface area contributed by atoms with Crippen LogP contribution in [-0.2, 0) is 25.4 Å². The maximum Gasteiger partial charge on any atom is 0.416 e. The lowest BCUT2D eigenvalue weighted by Crippen LogP contribution is -2.29. The summed E-state index contributed by atoms with van der Waals surface area (Å²) >= 11 is 5.93. The van der Waals surface area contributed by atoms with Crippen LogP contribution in [0, 0.1) is 6.92 Å². The second-order valence-corrected chi connectivity index (χ2v) is 19.5. The average Bonchev–Trinajstić information content (AvgIpc) is 3.35. The predicted molar refractivity (Wildman–Crippen MR) is 277 cm³/mol. The number of nitrogens with zero attached hydrogens (tertiary/aromatic N) is 6. The minimum atomic E-state index is -4.35. The Hall–Kier alpha value is -6.34. The van der Waals surface area contributed by atoms with Crippen molar-refractivity contribution in [2.75, 3.05) is 33.2 Å². The van der Waals surface area contributed by atoms with Gasteiger partial charge in [0, 0.05) is 77.7 Å². The standard InChI is InChI=1S/C18H21F3N4O.C18H24N4O.C17H21ClN4O/c19-18(20,21)13-3-1-11(2-4-13)9-12-10-23-17(22)25-16(12)24-14-5-7-15(26)8-6-14;1-12-2-4-13(5-3-12)10-14-11-20-18(19)22-17(14)21-15-6-8-16(23)9-7-15;18-13-3-1-11(2-4-13)9-12-10-20-17(19)22-16(12)21-14-5-7-15(23)8-6-14/h1-4,10,14-15,26H,5-9H2,(H3,22,23,24,25);2-5,11,15-16,23H,6-10H2,1H3,(H3,19,20,21,22);1-4,10,14-15,23H,5-9H2,(H3,19,20,21,22). The summed E-state index contributed by atoms with van der Waals surface area (Å²) in [5.74, 6) is 2.89. The Morgan fingerprint density at radius 2 is 0.778 bits per heavy atom. The minimum Gasteiger partial charge on any atom is -0.393 e. The van der Waals surface area contributed by atoms with Crippen LogP contribution in [0.1, 0.15) is 122 Å². The first-order valence-corrected chi connectivity index (χ1v) is 25.0. The highest BCUT2D eigenvalue weighted by Crippen LogP contribution is 2.31. The highest BCUT2D eigenvalue weighted by Gasteiger charge is 2.30. The van der Waals surface area contributed by atoms with E-state index in [2.05, 4.69) is 77.0 Å². The molecule has 15 nitrogen and oxygen atoms in total. The lowest BCUT2D eigenvalue weighted by Gasteiger charge is -2.27. The highest BCUT2D eigenvalue weighted by molar-refractivity contribution is 6.30. The molecule has 19 heteroatoms. The summed E-state index contributed by atoms with van der Waals surface area (Å²) in [4.78, 5) is 25.3. The fraction of sp³-hybridized carbons (Fsp3) is 0.434. The van der Waals surface area contributed by atoms with Gasteiger partial charge in [0.1, 0.15) is 17.5 Å². The lowest BCUT2D eigenvalue weighted by atomic mass is 9.93. The molecular weight excluding hydrogens is 945 g/mol. The van der Waals surface area contributed by atoms with Crippen LogP contribution in [0.4, 0.5) is 48.5 Å². The second kappa shape index (κ2) is 25.4. The van der Waals surface area contributed by atoms with Crippen molar-refractivity contribution in [1.29, 1.82) is 0 Å². The molecule has 3 fully saturated rings. The van der Waals surface area contributed by atoms with E-state index >= 15 is 0 Å². The van der Waals surface area contributed by atoms with E-state index in [-0.39, 0.29) is 42.2 Å². The lowest BCUT2D eigenvalue weighted by molar-refractivity contribution is -0.137. The number of nitrogens with two attached hydrogens (primary N) is 3. The van der Waals surface area contributed by atoms with Gasteiger partial charge in [-0.05, 0) is 125 Å². The number of hydrogen-bond donors (Lipinski definition) is 9. The minimum absolute atomic E-state index is 0.138. The van der Waals surface area contributed by atoms with Gasteiger partial charge in [-0.15, -0.1) is 0 Å². The monoisotopic (exact) mass is 1010 g/mol. The first kappa shape index (κ1) is 53.5. The number of nitrogens with one attached hydrogen (secondary N) is 3. The van der Waals surface area contributed by atoms with Crippen molar-refractivity contribution in [3.05, 3.63) is 141 Å². The quantitative estimate of drug-likeness (QED) is 0.0554. The molecule has 384 valence electrons. The number of anilines is 6. The van der Waals surface area contributed by atoms with Gasteiger partial charge in [-0.25, -0.2) is 15.0 Å². The summed E-state index contributed by atoms with van der Waals surface area (Å²) in [6, 6.07) is 22.1. The molecule has 6 aromatic rings. The topological polar surface area (TPSA) is 252 Å². The van der Waals surface area contributed by atoms with Crippen molar-refractivity contribution >= 4 is 46.9 Å². The van der Waals surface area contributed by atoms with Gasteiger partial charge in [0.2, 0.25) is 17.8 Å². The number of nitrogen functional groups attached to an aromatic ring is 3. The van der Waals surface area contributed by atoms with Crippen LogP contribution in [0.5, 0.6) is 0 Å². The van der Waals surface area contributed by atoms with E-state index in [4.69, 9.17) is 28.8 Å². The molecule has 0 aliphatic heterocycles. The van der Waals surface area contributed by atoms with Gasteiger partial charge >= 0.3 is 6.18 Å². The molecule has 9 rings (SSSR count). The fourth-order valence-electron chi connectivity index (χ4n) is 9.04. The van der Waals surface area contributed by atoms with Crippen LogP contribution in [0.2, 0.25) is 5.02 Å². The van der Waals surface area contributed by atoms with E-state index < -0.39 is 11.7 Å². The number of aliphatic hydroxyl groups excluding tert-OH is 3. The summed E-state index contributed by atoms with van der Waals surface area (Å²) in [6.45, 7) is 2.08. The summed E-state index contributed by atoms with van der Waals surface area (Å²) in [6.07, 6.45) is 12.4. The van der Waals surface area contributed by atoms with Gasteiger partial charge in [-0.1, -0.05) is 65.7 Å². The smallest absolute Gasteiger partial charge is 0.393 e. The number of aliphatic hydroxyl groups is 3. The van der Waals surface area contributed by atoms with Crippen molar-refractivity contribution in [2.24, 2.45) is 0 Å². The van der Waals surface area contributed by atoms with Crippen LogP contribution >= 0.6 is 11.6 Å². The third-order valence-corrected chi connectivity index (χ3v) is 13.5. The van der Waals surface area contributed by atoms with Crippen molar-refractivity contribution in [2.45, 2.75) is 146 Å². The third-order valence-electron chi connectivity index (χ3n) is 13.3. The van der Waals surface area contributed by atoms with Gasteiger partial charge in [0.05, 0.1) is 23.9 Å². The molecule has 0 amide bonds. The molecule has 3 aliphatic rings. The van der Waals surface area contributed by atoms with Crippen LogP contribution < -0.4 is 33.2 Å². The Morgan fingerprint density at radius 1 is 0.486 bits per heavy atom. The summed E-state index contributed by atoms with van der Waals surface area (Å²) in [7, 11) is 0. The Kier molecular flexibility index (Phi) is 18.8. The van der Waals surface area contributed by atoms with Crippen LogP contribution in [0.25, 0.3) is 0 Å². The third kappa shape index (κ3) is 16.6. The molecule has 12 N–H and O–H groups in total.